The topological polar surface area (TPSA) is 87.7 Å². The summed E-state index contributed by atoms with van der Waals surface area (Å²) < 4.78 is 0. The Kier molecular flexibility index (Phi) is 3.06. The molecule has 0 radical (unpaired) electrons. The molecule has 17 heavy (non-hydrogen) atoms. The van der Waals surface area contributed by atoms with Gasteiger partial charge in [-0.3, -0.25) is 4.79 Å². The van der Waals surface area contributed by atoms with E-state index in [9.17, 15) is 4.79 Å². The molecule has 2 rings (SSSR count). The van der Waals surface area contributed by atoms with E-state index >= 15 is 0 Å². The monoisotopic (exact) mass is 253 g/mol. The molecular weight excluding hydrogens is 238 g/mol. The third kappa shape index (κ3) is 2.12. The van der Waals surface area contributed by atoms with Gasteiger partial charge < -0.3 is 16.3 Å². The molecule has 1 unspecified atom stereocenters. The minimum atomic E-state index is -0.779. The lowest BCUT2D eigenvalue weighted by molar-refractivity contribution is -0.124. The lowest BCUT2D eigenvalue weighted by Crippen LogP contribution is -2.41. The third-order valence-electron chi connectivity index (χ3n) is 3.17. The Morgan fingerprint density at radius 1 is 1.71 bits per heavy atom. The van der Waals surface area contributed by atoms with Crippen LogP contribution in [0.4, 0.5) is 0 Å². The summed E-state index contributed by atoms with van der Waals surface area (Å²) in [6, 6.07) is 1.91. The molecule has 1 amide bonds. The van der Waals surface area contributed by atoms with Crippen molar-refractivity contribution in [2.45, 2.75) is 25.8 Å². The zero-order valence-electron chi connectivity index (χ0n) is 9.51. The number of nitrogens with one attached hydrogen (secondary N) is 1. The Hall–Kier alpha value is -1.56. The number of rotatable bonds is 4. The Balaban J connectivity index is 2.03. The van der Waals surface area contributed by atoms with E-state index < -0.39 is 5.41 Å². The largest absolute Gasteiger partial charge is 0.409 e. The van der Waals surface area contributed by atoms with Gasteiger partial charge in [0.15, 0.2) is 5.84 Å². The van der Waals surface area contributed by atoms with E-state index in [0.717, 1.165) is 5.56 Å². The van der Waals surface area contributed by atoms with Gasteiger partial charge in [0.2, 0.25) is 5.91 Å². The first-order valence-electron chi connectivity index (χ1n) is 5.41. The summed E-state index contributed by atoms with van der Waals surface area (Å²) in [6.07, 6.45) is 1.29. The van der Waals surface area contributed by atoms with Gasteiger partial charge in [-0.1, -0.05) is 5.16 Å². The smallest absolute Gasteiger partial charge is 0.234 e. The minimum absolute atomic E-state index is 0.00696. The molecule has 4 N–H and O–H groups in total. The van der Waals surface area contributed by atoms with Crippen molar-refractivity contribution in [1.82, 2.24) is 5.32 Å². The van der Waals surface area contributed by atoms with Crippen LogP contribution in [0.3, 0.4) is 0 Å². The van der Waals surface area contributed by atoms with Crippen LogP contribution < -0.4 is 11.1 Å². The SMILES string of the molecule is CC(NC(=O)C1(/C(N)=N/O)CC1)c1ccsc1. The van der Waals surface area contributed by atoms with Gasteiger partial charge >= 0.3 is 0 Å². The quantitative estimate of drug-likeness (QED) is 0.328. The Bertz CT molecular complexity index is 438. The Morgan fingerprint density at radius 3 is 2.88 bits per heavy atom. The van der Waals surface area contributed by atoms with Crippen molar-refractivity contribution < 1.29 is 10.0 Å². The second-order valence-electron chi connectivity index (χ2n) is 4.32. The van der Waals surface area contributed by atoms with Crippen molar-refractivity contribution >= 4 is 23.1 Å². The van der Waals surface area contributed by atoms with Crippen LogP contribution in [-0.4, -0.2) is 17.0 Å². The van der Waals surface area contributed by atoms with Gasteiger partial charge in [-0.15, -0.1) is 0 Å². The van der Waals surface area contributed by atoms with Gasteiger partial charge in [0, 0.05) is 0 Å². The van der Waals surface area contributed by atoms with E-state index in [1.807, 2.05) is 23.8 Å². The highest BCUT2D eigenvalue weighted by Crippen LogP contribution is 2.46. The molecule has 1 saturated carbocycles. The highest BCUT2D eigenvalue weighted by molar-refractivity contribution is 7.07. The normalized spacial score (nSPS) is 19.7. The van der Waals surface area contributed by atoms with Crippen LogP contribution in [0.25, 0.3) is 0 Å². The predicted octanol–water partition coefficient (Wildman–Crippen LogP) is 1.45. The lowest BCUT2D eigenvalue weighted by Gasteiger charge is -2.18. The maximum atomic E-state index is 12.1. The fourth-order valence-corrected chi connectivity index (χ4v) is 2.51. The third-order valence-corrected chi connectivity index (χ3v) is 3.87. The predicted molar refractivity (Wildman–Crippen MR) is 66.0 cm³/mol. The van der Waals surface area contributed by atoms with E-state index in [4.69, 9.17) is 10.9 Å². The van der Waals surface area contributed by atoms with Gasteiger partial charge in [0.05, 0.1) is 6.04 Å². The molecule has 1 aliphatic carbocycles. The van der Waals surface area contributed by atoms with Gasteiger partial charge in [-0.05, 0) is 42.2 Å². The molecule has 1 aromatic heterocycles. The van der Waals surface area contributed by atoms with Crippen LogP contribution >= 0.6 is 11.3 Å². The fourth-order valence-electron chi connectivity index (χ4n) is 1.76. The summed E-state index contributed by atoms with van der Waals surface area (Å²) in [7, 11) is 0. The van der Waals surface area contributed by atoms with E-state index in [0.29, 0.717) is 12.8 Å². The van der Waals surface area contributed by atoms with Crippen molar-refractivity contribution in [2.75, 3.05) is 0 Å². The number of hydrogen-bond donors (Lipinski definition) is 3. The first-order chi connectivity index (χ1) is 8.10. The second kappa shape index (κ2) is 4.37. The molecule has 0 aromatic carbocycles. The summed E-state index contributed by atoms with van der Waals surface area (Å²) in [6.45, 7) is 1.92. The maximum absolute atomic E-state index is 12.1. The van der Waals surface area contributed by atoms with Crippen LogP contribution in [0.1, 0.15) is 31.4 Å². The number of carbonyl (C=O) groups excluding carboxylic acids is 1. The van der Waals surface area contributed by atoms with E-state index in [1.165, 1.54) is 0 Å². The van der Waals surface area contributed by atoms with Crippen LogP contribution in [0, 0.1) is 5.41 Å². The average Bonchev–Trinajstić information content (AvgIpc) is 2.95. The summed E-state index contributed by atoms with van der Waals surface area (Å²) in [5.41, 5.74) is 5.84. The molecule has 1 heterocycles. The van der Waals surface area contributed by atoms with E-state index in [-0.39, 0.29) is 17.8 Å². The highest BCUT2D eigenvalue weighted by atomic mass is 32.1. The van der Waals surface area contributed by atoms with Crippen LogP contribution in [0.2, 0.25) is 0 Å². The molecule has 1 atom stereocenters. The molecule has 0 bridgehead atoms. The first-order valence-corrected chi connectivity index (χ1v) is 6.35. The van der Waals surface area contributed by atoms with Gasteiger partial charge in [0.1, 0.15) is 5.41 Å². The van der Waals surface area contributed by atoms with Crippen molar-refractivity contribution in [2.24, 2.45) is 16.3 Å². The number of nitrogens with zero attached hydrogens (tertiary/aromatic N) is 1. The highest BCUT2D eigenvalue weighted by Gasteiger charge is 2.54. The van der Waals surface area contributed by atoms with Gasteiger partial charge in [0.25, 0.3) is 0 Å². The van der Waals surface area contributed by atoms with Crippen molar-refractivity contribution in [3.05, 3.63) is 22.4 Å². The molecule has 0 aliphatic heterocycles. The van der Waals surface area contributed by atoms with Gasteiger partial charge in [-0.2, -0.15) is 11.3 Å². The molecule has 0 saturated heterocycles. The summed E-state index contributed by atoms with van der Waals surface area (Å²) in [4.78, 5) is 12.1. The van der Waals surface area contributed by atoms with Crippen molar-refractivity contribution in [1.29, 1.82) is 0 Å². The fraction of sp³-hybridized carbons (Fsp3) is 0.455. The van der Waals surface area contributed by atoms with E-state index in [2.05, 4.69) is 10.5 Å². The molecule has 5 nitrogen and oxygen atoms in total. The van der Waals surface area contributed by atoms with Crippen LogP contribution in [0.5, 0.6) is 0 Å². The minimum Gasteiger partial charge on any atom is -0.409 e. The molecule has 1 aromatic rings. The zero-order chi connectivity index (χ0) is 12.5. The van der Waals surface area contributed by atoms with E-state index in [1.54, 1.807) is 11.3 Å². The van der Waals surface area contributed by atoms with Gasteiger partial charge in [-0.25, -0.2) is 0 Å². The van der Waals surface area contributed by atoms with Crippen LogP contribution in [-0.2, 0) is 4.79 Å². The number of amidine groups is 1. The van der Waals surface area contributed by atoms with Crippen LogP contribution in [0.15, 0.2) is 22.0 Å². The molecule has 1 aliphatic rings. The zero-order valence-corrected chi connectivity index (χ0v) is 10.3. The molecule has 6 heteroatoms. The number of amides is 1. The second-order valence-corrected chi connectivity index (χ2v) is 5.10. The number of oxime groups is 1. The Labute approximate surface area is 103 Å². The summed E-state index contributed by atoms with van der Waals surface area (Å²) in [5, 5.41) is 18.5. The van der Waals surface area contributed by atoms with Crippen molar-refractivity contribution in [3.8, 4) is 0 Å². The molecule has 0 spiro atoms. The molecule has 92 valence electrons. The first kappa shape index (κ1) is 11.9. The summed E-state index contributed by atoms with van der Waals surface area (Å²) >= 11 is 1.59. The number of nitrogens with two attached hydrogens (primary N) is 1. The molecule has 1 fully saturated rings. The van der Waals surface area contributed by atoms with Crippen molar-refractivity contribution in [3.63, 3.8) is 0 Å². The lowest BCUT2D eigenvalue weighted by atomic mass is 10.0. The molecular formula is C11H15N3O2S. The summed E-state index contributed by atoms with van der Waals surface area (Å²) in [5.74, 6) is -0.154. The maximum Gasteiger partial charge on any atom is 0.234 e. The number of carbonyl (C=O) groups is 1. The number of thiophene rings is 1. The Morgan fingerprint density at radius 2 is 2.41 bits per heavy atom. The average molecular weight is 253 g/mol. The standard InChI is InChI=1S/C11H15N3O2S/c1-7(8-2-5-17-6-8)13-10(15)11(3-4-11)9(12)14-16/h2,5-7,16H,3-4H2,1H3,(H2,12,14)(H,13,15). The number of hydrogen-bond acceptors (Lipinski definition) is 4.